The average Bonchev–Trinajstić information content (AvgIpc) is 3.14. The Balaban J connectivity index is 1.57. The molecule has 15 heteroatoms. The zero-order valence-corrected chi connectivity index (χ0v) is 19.1. The number of thiocarbonyl (C=S) groups is 2. The molecule has 162 valence electrons. The second-order valence-corrected chi connectivity index (χ2v) is 14.2. The average molecular weight is 501 g/mol. The van der Waals surface area contributed by atoms with Crippen molar-refractivity contribution in [1.82, 2.24) is 21.3 Å². The summed E-state index contributed by atoms with van der Waals surface area (Å²) in [6.45, 7) is 0. The van der Waals surface area contributed by atoms with Crippen molar-refractivity contribution in [1.29, 1.82) is 0 Å². The van der Waals surface area contributed by atoms with Crippen molar-refractivity contribution in [2.75, 3.05) is 34.5 Å². The van der Waals surface area contributed by atoms with Gasteiger partial charge in [-0.05, 0) is 36.6 Å². The van der Waals surface area contributed by atoms with Gasteiger partial charge in [0.2, 0.25) is 0 Å². The zero-order chi connectivity index (χ0) is 21.4. The molecule has 0 aromatic heterocycles. The number of hydrogen-bond donors (Lipinski definition) is 4. The van der Waals surface area contributed by atoms with Gasteiger partial charge >= 0.3 is 0 Å². The largest absolute Gasteiger partial charge is 0.357 e. The van der Waals surface area contributed by atoms with Gasteiger partial charge < -0.3 is 21.3 Å². The second kappa shape index (κ2) is 8.09. The van der Waals surface area contributed by atoms with E-state index in [0.717, 1.165) is 0 Å². The second-order valence-electron chi connectivity index (χ2n) is 7.05. The highest BCUT2D eigenvalue weighted by Gasteiger charge is 2.39. The van der Waals surface area contributed by atoms with Crippen LogP contribution in [0, 0.1) is 0 Å². The third-order valence-corrected chi connectivity index (χ3v) is 9.48. The van der Waals surface area contributed by atoms with E-state index in [4.69, 9.17) is 24.4 Å². The zero-order valence-electron chi connectivity index (χ0n) is 15.0. The molecule has 4 N–H and O–H groups in total. The lowest BCUT2D eigenvalue weighted by Crippen LogP contribution is -2.54. The molecule has 0 radical (unpaired) electrons. The van der Waals surface area contributed by atoms with Crippen LogP contribution >= 0.6 is 24.4 Å². The highest BCUT2D eigenvalue weighted by molar-refractivity contribution is 7.92. The van der Waals surface area contributed by atoms with Gasteiger partial charge in [-0.25, -0.2) is 25.3 Å². The quantitative estimate of drug-likeness (QED) is 0.308. The standard InChI is InChI=1S/C14H20N4O6S5/c19-27(20)3-1-9(5-27)15-13(25)17-11-7-29(23,24)8-12(11)18-14(26)16-10-2-4-28(21,22)6-10/h1-2,11-12H,3-8H2,(H2,15,17,25)(H2,16,18,26). The normalized spacial score (nSPS) is 28.8. The van der Waals surface area contributed by atoms with Gasteiger partial charge in [0.1, 0.15) is 0 Å². The van der Waals surface area contributed by atoms with Crippen LogP contribution in [0.3, 0.4) is 0 Å². The van der Waals surface area contributed by atoms with Gasteiger partial charge in [0.25, 0.3) is 0 Å². The maximum atomic E-state index is 12.1. The van der Waals surface area contributed by atoms with Gasteiger partial charge in [-0.15, -0.1) is 0 Å². The van der Waals surface area contributed by atoms with Crippen molar-refractivity contribution in [3.8, 4) is 0 Å². The van der Waals surface area contributed by atoms with E-state index in [-0.39, 0.29) is 44.7 Å². The first kappa shape index (κ1) is 22.4. The Morgan fingerprint density at radius 3 is 1.41 bits per heavy atom. The third kappa shape index (κ3) is 6.34. The van der Waals surface area contributed by atoms with Crippen LogP contribution in [0.1, 0.15) is 0 Å². The van der Waals surface area contributed by atoms with Crippen LogP contribution in [0.2, 0.25) is 0 Å². The Morgan fingerprint density at radius 2 is 1.10 bits per heavy atom. The summed E-state index contributed by atoms with van der Waals surface area (Å²) in [4.78, 5) is 0. The molecule has 0 saturated carbocycles. The van der Waals surface area contributed by atoms with E-state index in [1.165, 1.54) is 12.2 Å². The summed E-state index contributed by atoms with van der Waals surface area (Å²) in [7, 11) is -9.66. The van der Waals surface area contributed by atoms with Crippen molar-refractivity contribution in [3.63, 3.8) is 0 Å². The molecule has 0 amide bonds. The fourth-order valence-electron chi connectivity index (χ4n) is 3.17. The Bertz CT molecular complexity index is 1030. The summed E-state index contributed by atoms with van der Waals surface area (Å²) in [5, 5.41) is 11.6. The molecule has 29 heavy (non-hydrogen) atoms. The number of hydrogen-bond acceptors (Lipinski definition) is 8. The summed E-state index contributed by atoms with van der Waals surface area (Å²) in [6, 6.07) is -1.20. The molecule has 0 aromatic carbocycles. The molecule has 0 aliphatic carbocycles. The predicted molar refractivity (Wildman–Crippen MR) is 117 cm³/mol. The number of sulfone groups is 3. The molecule has 0 aromatic rings. The van der Waals surface area contributed by atoms with E-state index < -0.39 is 41.6 Å². The summed E-state index contributed by atoms with van der Waals surface area (Å²) < 4.78 is 70.2. The van der Waals surface area contributed by atoms with Gasteiger partial charge in [0, 0.05) is 11.4 Å². The molecule has 0 bridgehead atoms. The van der Waals surface area contributed by atoms with E-state index in [0.29, 0.717) is 11.4 Å². The van der Waals surface area contributed by atoms with Crippen molar-refractivity contribution in [3.05, 3.63) is 23.5 Å². The Kier molecular flexibility index (Phi) is 6.25. The monoisotopic (exact) mass is 500 g/mol. The van der Waals surface area contributed by atoms with Crippen LogP contribution in [0.15, 0.2) is 23.5 Å². The van der Waals surface area contributed by atoms with E-state index >= 15 is 0 Å². The molecule has 3 rings (SSSR count). The summed E-state index contributed by atoms with van der Waals surface area (Å²) in [5.41, 5.74) is 0.888. The molecule has 1 saturated heterocycles. The van der Waals surface area contributed by atoms with Gasteiger partial charge in [-0.3, -0.25) is 0 Å². The molecule has 3 heterocycles. The molecule has 10 nitrogen and oxygen atoms in total. The van der Waals surface area contributed by atoms with Crippen molar-refractivity contribution >= 4 is 64.2 Å². The van der Waals surface area contributed by atoms with Crippen LogP contribution < -0.4 is 21.3 Å². The molecule has 3 aliphatic heterocycles. The summed E-state index contributed by atoms with van der Waals surface area (Å²) in [6.07, 6.45) is 3.04. The van der Waals surface area contributed by atoms with E-state index in [2.05, 4.69) is 21.3 Å². The lowest BCUT2D eigenvalue weighted by molar-refractivity contribution is 0.541. The predicted octanol–water partition coefficient (Wildman–Crippen LogP) is -2.30. The SMILES string of the molecule is O=S1(=O)CC=C(NC(=S)NC2CS(=O)(=O)CC2NC(=S)NC2=CCS(=O)(=O)C2)C1. The van der Waals surface area contributed by atoms with Crippen molar-refractivity contribution < 1.29 is 25.3 Å². The topological polar surface area (TPSA) is 151 Å². The molecule has 2 unspecified atom stereocenters. The maximum absolute atomic E-state index is 12.1. The van der Waals surface area contributed by atoms with Gasteiger partial charge in [0.15, 0.2) is 39.7 Å². The third-order valence-electron chi connectivity index (χ3n) is 4.45. The van der Waals surface area contributed by atoms with Crippen molar-refractivity contribution in [2.45, 2.75) is 12.1 Å². The Morgan fingerprint density at radius 1 is 0.724 bits per heavy atom. The molecule has 0 spiro atoms. The Hall–Kier alpha value is -1.29. The fourth-order valence-corrected chi connectivity index (χ4v) is 8.07. The first-order chi connectivity index (χ1) is 13.3. The first-order valence-electron chi connectivity index (χ1n) is 8.47. The van der Waals surface area contributed by atoms with Crippen LogP contribution in [0.5, 0.6) is 0 Å². The van der Waals surface area contributed by atoms with E-state index in [1.807, 2.05) is 0 Å². The molecular weight excluding hydrogens is 481 g/mol. The van der Waals surface area contributed by atoms with E-state index in [1.54, 1.807) is 0 Å². The maximum Gasteiger partial charge on any atom is 0.170 e. The minimum atomic E-state index is -3.35. The van der Waals surface area contributed by atoms with Crippen LogP contribution in [0.4, 0.5) is 0 Å². The summed E-state index contributed by atoms with van der Waals surface area (Å²) in [5.74, 6) is -0.777. The summed E-state index contributed by atoms with van der Waals surface area (Å²) >= 11 is 10.4. The van der Waals surface area contributed by atoms with Crippen molar-refractivity contribution in [2.24, 2.45) is 0 Å². The van der Waals surface area contributed by atoms with E-state index in [9.17, 15) is 25.3 Å². The number of nitrogens with one attached hydrogen (secondary N) is 4. The van der Waals surface area contributed by atoms with Gasteiger partial charge in [-0.1, -0.05) is 0 Å². The lowest BCUT2D eigenvalue weighted by Gasteiger charge is -2.24. The Labute approximate surface area is 180 Å². The molecular formula is C14H20N4O6S5. The van der Waals surface area contributed by atoms with Gasteiger partial charge in [-0.2, -0.15) is 0 Å². The van der Waals surface area contributed by atoms with Crippen LogP contribution in [-0.4, -0.2) is 82.1 Å². The van der Waals surface area contributed by atoms with Crippen LogP contribution in [0.25, 0.3) is 0 Å². The highest BCUT2D eigenvalue weighted by Crippen LogP contribution is 2.14. The molecule has 1 fully saturated rings. The fraction of sp³-hybridized carbons (Fsp3) is 0.571. The van der Waals surface area contributed by atoms with Gasteiger partial charge in [0.05, 0.1) is 46.6 Å². The molecule has 3 aliphatic rings. The minimum Gasteiger partial charge on any atom is -0.357 e. The first-order valence-corrected chi connectivity index (χ1v) is 14.7. The lowest BCUT2D eigenvalue weighted by atomic mass is 10.2. The van der Waals surface area contributed by atoms with Crippen LogP contribution in [-0.2, 0) is 29.5 Å². The smallest absolute Gasteiger partial charge is 0.170 e. The highest BCUT2D eigenvalue weighted by atomic mass is 32.2. The number of rotatable bonds is 4. The molecule has 2 atom stereocenters. The minimum absolute atomic E-state index is 0.0640.